The molecule has 0 radical (unpaired) electrons. The van der Waals surface area contributed by atoms with Gasteiger partial charge in [-0.05, 0) is 87.3 Å². The van der Waals surface area contributed by atoms with E-state index in [4.69, 9.17) is 19.3 Å². The van der Waals surface area contributed by atoms with Gasteiger partial charge in [-0.25, -0.2) is 9.37 Å². The monoisotopic (exact) mass is 539 g/mol. The molecule has 0 amide bonds. The summed E-state index contributed by atoms with van der Waals surface area (Å²) in [6.07, 6.45) is 2.66. The molecule has 1 fully saturated rings. The molecule has 0 aliphatic carbocycles. The predicted molar refractivity (Wildman–Crippen MR) is 149 cm³/mol. The van der Waals surface area contributed by atoms with Crippen molar-refractivity contribution in [2.45, 2.75) is 45.4 Å². The van der Waals surface area contributed by atoms with Crippen molar-refractivity contribution in [3.8, 4) is 28.4 Å². The van der Waals surface area contributed by atoms with E-state index in [0.717, 1.165) is 48.4 Å². The Morgan fingerprint density at radius 2 is 1.67 bits per heavy atom. The highest BCUT2D eigenvalue weighted by Gasteiger charge is 2.24. The van der Waals surface area contributed by atoms with Gasteiger partial charge in [0.25, 0.3) is 0 Å². The van der Waals surface area contributed by atoms with Gasteiger partial charge in [-0.1, -0.05) is 12.1 Å². The number of hydrogen-bond acceptors (Lipinski definition) is 8. The van der Waals surface area contributed by atoms with Crippen LogP contribution >= 0.6 is 0 Å². The van der Waals surface area contributed by atoms with E-state index < -0.39 is 6.10 Å². The molecule has 9 heteroatoms. The molecule has 1 unspecified atom stereocenters. The third kappa shape index (κ3) is 7.59. The van der Waals surface area contributed by atoms with Crippen molar-refractivity contribution >= 4 is 5.82 Å². The highest BCUT2D eigenvalue weighted by Crippen LogP contribution is 2.41. The van der Waals surface area contributed by atoms with Crippen LogP contribution in [0.5, 0.6) is 17.2 Å². The number of aliphatic hydroxyl groups is 2. The summed E-state index contributed by atoms with van der Waals surface area (Å²) in [5, 5.41) is 22.0. The molecule has 1 aromatic heterocycles. The number of pyridine rings is 1. The van der Waals surface area contributed by atoms with Crippen LogP contribution in [0.25, 0.3) is 11.1 Å². The van der Waals surface area contributed by atoms with Crippen molar-refractivity contribution in [1.82, 2.24) is 10.3 Å². The lowest BCUT2D eigenvalue weighted by Gasteiger charge is -2.36. The van der Waals surface area contributed by atoms with Gasteiger partial charge in [0.2, 0.25) is 0 Å². The van der Waals surface area contributed by atoms with E-state index in [0.29, 0.717) is 37.0 Å². The molecule has 39 heavy (non-hydrogen) atoms. The summed E-state index contributed by atoms with van der Waals surface area (Å²) in [6.45, 7) is 6.93. The van der Waals surface area contributed by atoms with Gasteiger partial charge in [-0.3, -0.25) is 0 Å². The highest BCUT2D eigenvalue weighted by atomic mass is 19.1. The lowest BCUT2D eigenvalue weighted by molar-refractivity contribution is 0.0535. The summed E-state index contributed by atoms with van der Waals surface area (Å²) in [5.41, 5.74) is 2.65. The SMILES string of the molecule is CCOc1cc(CN(c2ccc(OCC(O)CO)cn2)C2CCNCC2)cc(OCC)c1-c1ccc(F)cc1. The maximum absolute atomic E-state index is 13.7. The lowest BCUT2D eigenvalue weighted by Crippen LogP contribution is -2.43. The second-order valence-corrected chi connectivity index (χ2v) is 9.45. The molecule has 0 bridgehead atoms. The van der Waals surface area contributed by atoms with Crippen LogP contribution in [0, 0.1) is 5.82 Å². The van der Waals surface area contributed by atoms with Crippen LogP contribution in [-0.4, -0.2) is 66.9 Å². The van der Waals surface area contributed by atoms with E-state index in [2.05, 4.69) is 15.2 Å². The van der Waals surface area contributed by atoms with Gasteiger partial charge in [0.05, 0.1) is 31.6 Å². The third-order valence-electron chi connectivity index (χ3n) is 6.63. The molecule has 0 spiro atoms. The van der Waals surface area contributed by atoms with Crippen molar-refractivity contribution in [3.63, 3.8) is 0 Å². The number of anilines is 1. The van der Waals surface area contributed by atoms with Crippen molar-refractivity contribution in [1.29, 1.82) is 0 Å². The molecule has 1 aliphatic rings. The maximum Gasteiger partial charge on any atom is 0.137 e. The number of halogens is 1. The average Bonchev–Trinajstić information content (AvgIpc) is 2.96. The zero-order valence-corrected chi connectivity index (χ0v) is 22.6. The molecule has 3 N–H and O–H groups in total. The van der Waals surface area contributed by atoms with Crippen LogP contribution in [-0.2, 0) is 6.54 Å². The number of benzene rings is 2. The van der Waals surface area contributed by atoms with E-state index in [9.17, 15) is 9.50 Å². The number of ether oxygens (including phenoxy) is 3. The minimum Gasteiger partial charge on any atom is -0.493 e. The largest absolute Gasteiger partial charge is 0.493 e. The Hall–Kier alpha value is -3.40. The minimum absolute atomic E-state index is 0.00362. The first-order valence-corrected chi connectivity index (χ1v) is 13.6. The van der Waals surface area contributed by atoms with Crippen LogP contribution in [0.15, 0.2) is 54.7 Å². The summed E-state index contributed by atoms with van der Waals surface area (Å²) in [5.74, 6) is 2.43. The van der Waals surface area contributed by atoms with E-state index in [1.165, 1.54) is 12.1 Å². The molecule has 2 aromatic carbocycles. The molecule has 8 nitrogen and oxygen atoms in total. The fourth-order valence-electron chi connectivity index (χ4n) is 4.76. The summed E-state index contributed by atoms with van der Waals surface area (Å²) >= 11 is 0. The molecular weight excluding hydrogens is 501 g/mol. The number of nitrogens with zero attached hydrogens (tertiary/aromatic N) is 2. The Morgan fingerprint density at radius 1 is 1.00 bits per heavy atom. The average molecular weight is 540 g/mol. The summed E-state index contributed by atoms with van der Waals surface area (Å²) < 4.78 is 31.4. The topological polar surface area (TPSA) is 96.3 Å². The number of rotatable bonds is 13. The Bertz CT molecular complexity index is 1140. The van der Waals surface area contributed by atoms with Crippen LogP contribution in [0.4, 0.5) is 10.2 Å². The van der Waals surface area contributed by atoms with Crippen LogP contribution in [0.3, 0.4) is 0 Å². The summed E-state index contributed by atoms with van der Waals surface area (Å²) in [6, 6.07) is 14.5. The number of aliphatic hydroxyl groups excluding tert-OH is 2. The lowest BCUT2D eigenvalue weighted by atomic mass is 9.99. The molecule has 1 atom stereocenters. The molecular formula is C30H38FN3O5. The van der Waals surface area contributed by atoms with Gasteiger partial charge >= 0.3 is 0 Å². The molecule has 210 valence electrons. The molecule has 0 saturated carbocycles. The molecule has 4 rings (SSSR count). The fraction of sp³-hybridized carbons (Fsp3) is 0.433. The first kappa shape index (κ1) is 28.6. The van der Waals surface area contributed by atoms with Gasteiger partial charge < -0.3 is 34.6 Å². The maximum atomic E-state index is 13.7. The van der Waals surface area contributed by atoms with Crippen LogP contribution in [0.1, 0.15) is 32.3 Å². The van der Waals surface area contributed by atoms with Gasteiger partial charge in [0.15, 0.2) is 0 Å². The minimum atomic E-state index is -0.937. The Labute approximate surface area is 229 Å². The van der Waals surface area contributed by atoms with Crippen LogP contribution < -0.4 is 24.4 Å². The third-order valence-corrected chi connectivity index (χ3v) is 6.63. The van der Waals surface area contributed by atoms with Gasteiger partial charge in [0, 0.05) is 12.6 Å². The quantitative estimate of drug-likeness (QED) is 0.298. The summed E-state index contributed by atoms with van der Waals surface area (Å²) in [4.78, 5) is 6.98. The first-order chi connectivity index (χ1) is 19.0. The van der Waals surface area contributed by atoms with E-state index in [1.807, 2.05) is 38.1 Å². The number of aromatic nitrogens is 1. The van der Waals surface area contributed by atoms with Gasteiger partial charge in [0.1, 0.15) is 41.6 Å². The van der Waals surface area contributed by atoms with Gasteiger partial charge in [-0.2, -0.15) is 0 Å². The second-order valence-electron chi connectivity index (χ2n) is 9.45. The molecule has 3 aromatic rings. The van der Waals surface area contributed by atoms with Gasteiger partial charge in [-0.15, -0.1) is 0 Å². The number of nitrogens with one attached hydrogen (secondary N) is 1. The Balaban J connectivity index is 1.67. The first-order valence-electron chi connectivity index (χ1n) is 13.6. The van der Waals surface area contributed by atoms with Crippen molar-refractivity contribution in [2.75, 3.05) is 44.4 Å². The second kappa shape index (κ2) is 14.1. The van der Waals surface area contributed by atoms with Crippen molar-refractivity contribution < 1.29 is 28.8 Å². The molecule has 1 aliphatic heterocycles. The molecule has 1 saturated heterocycles. The number of piperidine rings is 1. The summed E-state index contributed by atoms with van der Waals surface area (Å²) in [7, 11) is 0. The molecule has 2 heterocycles. The standard InChI is InChI=1S/C30H38FN3O5/c1-3-37-27-15-21(16-28(38-4-2)30(27)22-5-7-23(31)8-6-22)18-34(24-11-13-32-14-12-24)29-10-9-26(17-33-29)39-20-25(36)19-35/h5-10,15-17,24-25,32,35-36H,3-4,11-14,18-20H2,1-2H3. The Morgan fingerprint density at radius 3 is 2.23 bits per heavy atom. The Kier molecular flexibility index (Phi) is 10.4. The van der Waals surface area contributed by atoms with E-state index in [1.54, 1.807) is 18.3 Å². The predicted octanol–water partition coefficient (Wildman–Crippen LogP) is 4.18. The normalized spacial score (nSPS) is 14.6. The van der Waals surface area contributed by atoms with Crippen molar-refractivity contribution in [3.05, 3.63) is 66.1 Å². The fourth-order valence-corrected chi connectivity index (χ4v) is 4.76. The van der Waals surface area contributed by atoms with E-state index >= 15 is 0 Å². The number of hydrogen-bond donors (Lipinski definition) is 3. The zero-order valence-electron chi connectivity index (χ0n) is 22.6. The van der Waals surface area contributed by atoms with E-state index in [-0.39, 0.29) is 25.1 Å². The highest BCUT2D eigenvalue weighted by molar-refractivity contribution is 5.77. The zero-order chi connectivity index (χ0) is 27.6. The smallest absolute Gasteiger partial charge is 0.137 e. The van der Waals surface area contributed by atoms with Crippen LogP contribution in [0.2, 0.25) is 0 Å². The van der Waals surface area contributed by atoms with Crippen molar-refractivity contribution in [2.24, 2.45) is 0 Å².